The van der Waals surface area contributed by atoms with Gasteiger partial charge in [0.25, 0.3) is 0 Å². The second-order valence-electron chi connectivity index (χ2n) is 4.10. The lowest BCUT2D eigenvalue weighted by Crippen LogP contribution is -1.97. The van der Waals surface area contributed by atoms with Gasteiger partial charge in [0.1, 0.15) is 0 Å². The van der Waals surface area contributed by atoms with Crippen LogP contribution in [-0.2, 0) is 0 Å². The van der Waals surface area contributed by atoms with Crippen LogP contribution in [0.5, 0.6) is 0 Å². The van der Waals surface area contributed by atoms with Crippen molar-refractivity contribution in [2.45, 2.75) is 6.92 Å². The summed E-state index contributed by atoms with van der Waals surface area (Å²) in [6.07, 6.45) is 0. The maximum absolute atomic E-state index is 6.18. The monoisotopic (exact) mass is 307 g/mol. The molecular formula is C13H10ClN3S2. The van der Waals surface area contributed by atoms with Crippen LogP contribution in [0.2, 0.25) is 5.02 Å². The first kappa shape index (κ1) is 12.6. The van der Waals surface area contributed by atoms with Crippen molar-refractivity contribution in [2.24, 2.45) is 0 Å². The number of aryl methyl sites for hydroxylation is 1. The molecule has 0 spiro atoms. The second kappa shape index (κ2) is 4.92. The summed E-state index contributed by atoms with van der Waals surface area (Å²) >= 11 is 13.1. The number of hydrogen-bond acceptors (Lipinski definition) is 3. The van der Waals surface area contributed by atoms with E-state index in [4.69, 9.17) is 23.8 Å². The first-order valence-electron chi connectivity index (χ1n) is 5.64. The molecule has 0 saturated carbocycles. The zero-order valence-electron chi connectivity index (χ0n) is 10.1. The van der Waals surface area contributed by atoms with Crippen molar-refractivity contribution in [3.8, 4) is 16.4 Å². The molecule has 96 valence electrons. The number of halogens is 1. The Kier molecular flexibility index (Phi) is 3.26. The normalized spacial score (nSPS) is 10.8. The maximum Gasteiger partial charge on any atom is 0.200 e. The Labute approximate surface area is 124 Å². The lowest BCUT2D eigenvalue weighted by Gasteiger charge is -2.07. The maximum atomic E-state index is 6.18. The standard InChI is InChI=1S/C13H10ClN3S2/c1-8-4-5-9(7-10(8)14)17-12(15-16-13(17)18)11-3-2-6-19-11/h2-7H,1H3,(H,16,18). The van der Waals surface area contributed by atoms with Gasteiger partial charge >= 0.3 is 0 Å². The number of aromatic nitrogens is 3. The van der Waals surface area contributed by atoms with Gasteiger partial charge in [0.15, 0.2) is 10.6 Å². The van der Waals surface area contributed by atoms with Crippen molar-refractivity contribution in [3.63, 3.8) is 0 Å². The van der Waals surface area contributed by atoms with Gasteiger partial charge in [-0.25, -0.2) is 0 Å². The Balaban J connectivity index is 2.22. The first-order valence-corrected chi connectivity index (χ1v) is 7.31. The number of nitrogens with zero attached hydrogens (tertiary/aromatic N) is 2. The highest BCUT2D eigenvalue weighted by molar-refractivity contribution is 7.71. The lowest BCUT2D eigenvalue weighted by atomic mass is 10.2. The summed E-state index contributed by atoms with van der Waals surface area (Å²) in [5, 5.41) is 9.87. The van der Waals surface area contributed by atoms with E-state index in [2.05, 4.69) is 10.2 Å². The average molecular weight is 308 g/mol. The predicted octanol–water partition coefficient (Wildman–Crippen LogP) is 4.62. The SMILES string of the molecule is Cc1ccc(-n2c(-c3cccs3)n[nH]c2=S)cc1Cl. The first-order chi connectivity index (χ1) is 9.16. The predicted molar refractivity (Wildman–Crippen MR) is 81.8 cm³/mol. The smallest absolute Gasteiger partial charge is 0.200 e. The van der Waals surface area contributed by atoms with E-state index in [1.165, 1.54) is 0 Å². The van der Waals surface area contributed by atoms with Gasteiger partial charge in [0.2, 0.25) is 0 Å². The van der Waals surface area contributed by atoms with Crippen LogP contribution in [-0.4, -0.2) is 14.8 Å². The minimum absolute atomic E-state index is 0.559. The summed E-state index contributed by atoms with van der Waals surface area (Å²) in [6.45, 7) is 1.97. The molecule has 0 aliphatic rings. The molecule has 6 heteroatoms. The Hall–Kier alpha value is -1.43. The zero-order valence-corrected chi connectivity index (χ0v) is 12.4. The fourth-order valence-corrected chi connectivity index (χ4v) is 2.94. The van der Waals surface area contributed by atoms with Crippen LogP contribution >= 0.6 is 35.2 Å². The van der Waals surface area contributed by atoms with Gasteiger partial charge in [-0.05, 0) is 48.3 Å². The van der Waals surface area contributed by atoms with E-state index in [-0.39, 0.29) is 0 Å². The van der Waals surface area contributed by atoms with E-state index in [0.717, 1.165) is 27.0 Å². The van der Waals surface area contributed by atoms with Crippen molar-refractivity contribution in [3.05, 3.63) is 51.1 Å². The van der Waals surface area contributed by atoms with Crippen LogP contribution in [0.4, 0.5) is 0 Å². The van der Waals surface area contributed by atoms with Gasteiger partial charge in [-0.1, -0.05) is 23.7 Å². The second-order valence-corrected chi connectivity index (χ2v) is 5.84. The quantitative estimate of drug-likeness (QED) is 0.701. The number of nitrogens with one attached hydrogen (secondary N) is 1. The molecule has 0 bridgehead atoms. The molecule has 0 atom stereocenters. The van der Waals surface area contributed by atoms with Crippen molar-refractivity contribution < 1.29 is 0 Å². The molecule has 0 amide bonds. The van der Waals surface area contributed by atoms with E-state index in [1.807, 2.05) is 47.2 Å². The number of H-pyrrole nitrogens is 1. The highest BCUT2D eigenvalue weighted by Crippen LogP contribution is 2.27. The van der Waals surface area contributed by atoms with Crippen molar-refractivity contribution in [1.82, 2.24) is 14.8 Å². The van der Waals surface area contributed by atoms with Crippen molar-refractivity contribution in [1.29, 1.82) is 0 Å². The van der Waals surface area contributed by atoms with Crippen LogP contribution in [0.3, 0.4) is 0 Å². The number of thiophene rings is 1. The number of hydrogen-bond donors (Lipinski definition) is 1. The molecular weight excluding hydrogens is 298 g/mol. The summed E-state index contributed by atoms with van der Waals surface area (Å²) in [7, 11) is 0. The van der Waals surface area contributed by atoms with E-state index in [1.54, 1.807) is 11.3 Å². The molecule has 0 aliphatic heterocycles. The molecule has 0 radical (unpaired) electrons. The Bertz CT molecular complexity index is 772. The summed E-state index contributed by atoms with van der Waals surface area (Å²) in [6, 6.07) is 9.87. The third-order valence-corrected chi connectivity index (χ3v) is 4.37. The lowest BCUT2D eigenvalue weighted by molar-refractivity contribution is 1.04. The Morgan fingerprint density at radius 1 is 1.37 bits per heavy atom. The van der Waals surface area contributed by atoms with E-state index in [9.17, 15) is 0 Å². The largest absolute Gasteiger partial charge is 0.267 e. The fourth-order valence-electron chi connectivity index (χ4n) is 1.83. The summed E-state index contributed by atoms with van der Waals surface area (Å²) in [5.41, 5.74) is 1.95. The third-order valence-electron chi connectivity index (χ3n) is 2.83. The molecule has 2 aromatic heterocycles. The molecule has 3 rings (SSSR count). The van der Waals surface area contributed by atoms with Crippen molar-refractivity contribution >= 4 is 35.2 Å². The summed E-state index contributed by atoms with van der Waals surface area (Å²) in [4.78, 5) is 1.06. The number of rotatable bonds is 2. The summed E-state index contributed by atoms with van der Waals surface area (Å²) < 4.78 is 2.45. The Morgan fingerprint density at radius 3 is 2.89 bits per heavy atom. The average Bonchev–Trinajstić information content (AvgIpc) is 3.01. The minimum Gasteiger partial charge on any atom is -0.267 e. The molecule has 0 saturated heterocycles. The fraction of sp³-hybridized carbons (Fsp3) is 0.0769. The van der Waals surface area contributed by atoms with Gasteiger partial charge in [0, 0.05) is 5.02 Å². The van der Waals surface area contributed by atoms with Gasteiger partial charge in [-0.15, -0.1) is 11.3 Å². The highest BCUT2D eigenvalue weighted by atomic mass is 35.5. The molecule has 3 aromatic rings. The van der Waals surface area contributed by atoms with Crippen LogP contribution in [0.25, 0.3) is 16.4 Å². The highest BCUT2D eigenvalue weighted by Gasteiger charge is 2.12. The van der Waals surface area contributed by atoms with E-state index in [0.29, 0.717) is 4.77 Å². The Morgan fingerprint density at radius 2 is 2.21 bits per heavy atom. The van der Waals surface area contributed by atoms with Gasteiger partial charge < -0.3 is 0 Å². The van der Waals surface area contributed by atoms with Crippen molar-refractivity contribution in [2.75, 3.05) is 0 Å². The minimum atomic E-state index is 0.559. The molecule has 1 aromatic carbocycles. The van der Waals surface area contributed by atoms with Crippen LogP contribution in [0.15, 0.2) is 35.7 Å². The third kappa shape index (κ3) is 2.25. The van der Waals surface area contributed by atoms with Crippen LogP contribution in [0.1, 0.15) is 5.56 Å². The molecule has 1 N–H and O–H groups in total. The zero-order chi connectivity index (χ0) is 13.4. The van der Waals surface area contributed by atoms with E-state index >= 15 is 0 Å². The summed E-state index contributed by atoms with van der Waals surface area (Å²) in [5.74, 6) is 0.805. The molecule has 0 fully saturated rings. The molecule has 2 heterocycles. The van der Waals surface area contributed by atoms with E-state index < -0.39 is 0 Å². The number of aromatic amines is 1. The van der Waals surface area contributed by atoms with Gasteiger partial charge in [-0.2, -0.15) is 5.10 Å². The van der Waals surface area contributed by atoms with Crippen LogP contribution < -0.4 is 0 Å². The van der Waals surface area contributed by atoms with Gasteiger partial charge in [-0.3, -0.25) is 9.67 Å². The molecule has 19 heavy (non-hydrogen) atoms. The van der Waals surface area contributed by atoms with Gasteiger partial charge in [0.05, 0.1) is 10.6 Å². The molecule has 3 nitrogen and oxygen atoms in total. The van der Waals surface area contributed by atoms with Crippen LogP contribution in [0, 0.1) is 11.7 Å². The number of benzene rings is 1. The topological polar surface area (TPSA) is 33.6 Å². The molecule has 0 aliphatic carbocycles. The molecule has 0 unspecified atom stereocenters.